The van der Waals surface area contributed by atoms with E-state index in [2.05, 4.69) is 9.97 Å². The summed E-state index contributed by atoms with van der Waals surface area (Å²) in [4.78, 5) is 6.31. The molecule has 0 spiro atoms. The predicted octanol–water partition coefficient (Wildman–Crippen LogP) is 1.42. The van der Waals surface area contributed by atoms with Crippen LogP contribution in [0.2, 0.25) is 0 Å². The molecule has 0 amide bonds. The monoisotopic (exact) mass is 295 g/mol. The molecule has 0 unspecified atom stereocenters. The normalized spacial score (nSPS) is 11.8. The molecule has 0 aliphatic carbocycles. The number of benzene rings is 1. The number of imidazole rings is 1. The van der Waals surface area contributed by atoms with Crippen molar-refractivity contribution >= 4 is 10.0 Å². The summed E-state index contributed by atoms with van der Waals surface area (Å²) in [6.07, 6.45) is 2.62. The van der Waals surface area contributed by atoms with Gasteiger partial charge in [0.15, 0.2) is 5.03 Å². The summed E-state index contributed by atoms with van der Waals surface area (Å²) in [6.45, 7) is 2.49. The molecule has 0 aliphatic rings. The van der Waals surface area contributed by atoms with Gasteiger partial charge >= 0.3 is 0 Å². The summed E-state index contributed by atoms with van der Waals surface area (Å²) in [5.41, 5.74) is 1.02. The first-order chi connectivity index (χ1) is 9.51. The lowest BCUT2D eigenvalue weighted by molar-refractivity contribution is 0.285. The number of nitrogens with zero attached hydrogens (tertiary/aromatic N) is 2. The van der Waals surface area contributed by atoms with E-state index in [1.807, 2.05) is 31.2 Å². The summed E-state index contributed by atoms with van der Waals surface area (Å²) in [5, 5.41) is 0.0795. The molecule has 7 heteroatoms. The van der Waals surface area contributed by atoms with E-state index in [-0.39, 0.29) is 18.2 Å². The number of ether oxygens (including phenoxy) is 1. The number of rotatable bonds is 6. The van der Waals surface area contributed by atoms with Gasteiger partial charge in [-0.05, 0) is 18.6 Å². The van der Waals surface area contributed by atoms with Crippen molar-refractivity contribution in [3.05, 3.63) is 42.4 Å². The van der Waals surface area contributed by atoms with Gasteiger partial charge in [-0.3, -0.25) is 0 Å². The maximum atomic E-state index is 12.1. The van der Waals surface area contributed by atoms with Gasteiger partial charge < -0.3 is 9.72 Å². The smallest absolute Gasteiger partial charge is 0.259 e. The van der Waals surface area contributed by atoms with E-state index in [1.54, 1.807) is 0 Å². The van der Waals surface area contributed by atoms with Gasteiger partial charge in [-0.1, -0.05) is 18.2 Å². The van der Waals surface area contributed by atoms with Crippen LogP contribution in [0.3, 0.4) is 0 Å². The van der Waals surface area contributed by atoms with Crippen LogP contribution in [-0.4, -0.2) is 42.9 Å². The Kier molecular flexibility index (Phi) is 4.41. The van der Waals surface area contributed by atoms with Gasteiger partial charge in [-0.2, -0.15) is 4.31 Å². The van der Waals surface area contributed by atoms with Crippen molar-refractivity contribution in [3.8, 4) is 5.75 Å². The predicted molar refractivity (Wildman–Crippen MR) is 75.1 cm³/mol. The highest BCUT2D eigenvalue weighted by Gasteiger charge is 2.21. The maximum Gasteiger partial charge on any atom is 0.259 e. The minimum atomic E-state index is -3.52. The molecule has 1 aromatic heterocycles. The zero-order valence-corrected chi connectivity index (χ0v) is 12.2. The number of sulfonamides is 1. The van der Waals surface area contributed by atoms with Crippen LogP contribution in [0.25, 0.3) is 0 Å². The molecule has 6 nitrogen and oxygen atoms in total. The van der Waals surface area contributed by atoms with Gasteiger partial charge in [-0.25, -0.2) is 13.4 Å². The lowest BCUT2D eigenvalue weighted by Crippen LogP contribution is -2.31. The first-order valence-electron chi connectivity index (χ1n) is 6.15. The zero-order chi connectivity index (χ0) is 14.6. The maximum absolute atomic E-state index is 12.1. The van der Waals surface area contributed by atoms with Gasteiger partial charge in [0.1, 0.15) is 12.4 Å². The second-order valence-corrected chi connectivity index (χ2v) is 6.37. The summed E-state index contributed by atoms with van der Waals surface area (Å²) in [6, 6.07) is 7.61. The van der Waals surface area contributed by atoms with Crippen molar-refractivity contribution in [1.82, 2.24) is 14.3 Å². The molecule has 108 valence electrons. The molecule has 0 fully saturated rings. The Hall–Kier alpha value is -1.86. The third kappa shape index (κ3) is 3.17. The molecule has 1 N–H and O–H groups in total. The van der Waals surface area contributed by atoms with E-state index in [0.29, 0.717) is 0 Å². The van der Waals surface area contributed by atoms with Crippen molar-refractivity contribution < 1.29 is 13.2 Å². The van der Waals surface area contributed by atoms with Crippen molar-refractivity contribution in [2.45, 2.75) is 11.9 Å². The molecule has 1 heterocycles. The molecule has 1 aromatic carbocycles. The summed E-state index contributed by atoms with van der Waals surface area (Å²) >= 11 is 0. The standard InChI is InChI=1S/C13H17N3O3S/c1-11-5-3-4-6-12(11)19-8-7-16(2)20(17,18)13-9-14-10-15-13/h3-6,9-10H,7-8H2,1-2H3,(H,14,15). The number of aromatic nitrogens is 2. The molecule has 0 aliphatic heterocycles. The Morgan fingerprint density at radius 3 is 2.75 bits per heavy atom. The highest BCUT2D eigenvalue weighted by molar-refractivity contribution is 7.89. The van der Waals surface area contributed by atoms with Gasteiger partial charge in [0, 0.05) is 13.6 Å². The molecule has 0 saturated carbocycles. The van der Waals surface area contributed by atoms with Crippen LogP contribution in [0.1, 0.15) is 5.56 Å². The molecular weight excluding hydrogens is 278 g/mol. The van der Waals surface area contributed by atoms with Crippen LogP contribution >= 0.6 is 0 Å². The number of aromatic amines is 1. The Morgan fingerprint density at radius 2 is 2.10 bits per heavy atom. The fourth-order valence-electron chi connectivity index (χ4n) is 1.67. The largest absolute Gasteiger partial charge is 0.492 e. The molecule has 2 rings (SSSR count). The van der Waals surface area contributed by atoms with E-state index in [9.17, 15) is 8.42 Å². The van der Waals surface area contributed by atoms with E-state index in [1.165, 1.54) is 23.9 Å². The van der Waals surface area contributed by atoms with Gasteiger partial charge in [0.2, 0.25) is 0 Å². The lowest BCUT2D eigenvalue weighted by Gasteiger charge is -2.16. The second kappa shape index (κ2) is 6.06. The van der Waals surface area contributed by atoms with Gasteiger partial charge in [0.25, 0.3) is 10.0 Å². The Balaban J connectivity index is 1.93. The molecular formula is C13H17N3O3S. The minimum Gasteiger partial charge on any atom is -0.492 e. The minimum absolute atomic E-state index is 0.0795. The highest BCUT2D eigenvalue weighted by Crippen LogP contribution is 2.16. The van der Waals surface area contributed by atoms with E-state index < -0.39 is 10.0 Å². The first kappa shape index (κ1) is 14.5. The van der Waals surface area contributed by atoms with E-state index >= 15 is 0 Å². The number of hydrogen-bond acceptors (Lipinski definition) is 4. The third-order valence-electron chi connectivity index (χ3n) is 2.92. The number of nitrogens with one attached hydrogen (secondary N) is 1. The number of H-pyrrole nitrogens is 1. The average molecular weight is 295 g/mol. The molecule has 20 heavy (non-hydrogen) atoms. The highest BCUT2D eigenvalue weighted by atomic mass is 32.2. The van der Waals surface area contributed by atoms with Crippen LogP contribution in [0.15, 0.2) is 41.8 Å². The SMILES string of the molecule is Cc1ccccc1OCCN(C)S(=O)(=O)c1cnc[nH]1. The fourth-order valence-corrected chi connectivity index (χ4v) is 2.72. The number of hydrogen-bond donors (Lipinski definition) is 1. The molecule has 0 saturated heterocycles. The van der Waals surface area contributed by atoms with Crippen LogP contribution < -0.4 is 4.74 Å². The lowest BCUT2D eigenvalue weighted by atomic mass is 10.2. The van der Waals surface area contributed by atoms with Gasteiger partial charge in [-0.15, -0.1) is 0 Å². The van der Waals surface area contributed by atoms with Crippen molar-refractivity contribution in [1.29, 1.82) is 0 Å². The third-order valence-corrected chi connectivity index (χ3v) is 4.70. The second-order valence-electron chi connectivity index (χ2n) is 4.36. The van der Waals surface area contributed by atoms with E-state index in [0.717, 1.165) is 11.3 Å². The molecule has 2 aromatic rings. The van der Waals surface area contributed by atoms with Crippen LogP contribution in [0.4, 0.5) is 0 Å². The molecule has 0 atom stereocenters. The van der Waals surface area contributed by atoms with Crippen molar-refractivity contribution in [2.75, 3.05) is 20.2 Å². The molecule has 0 radical (unpaired) electrons. The quantitative estimate of drug-likeness (QED) is 0.874. The summed E-state index contributed by atoms with van der Waals surface area (Å²) < 4.78 is 31.0. The summed E-state index contributed by atoms with van der Waals surface area (Å²) in [5.74, 6) is 0.764. The van der Waals surface area contributed by atoms with Crippen molar-refractivity contribution in [3.63, 3.8) is 0 Å². The summed E-state index contributed by atoms with van der Waals surface area (Å²) in [7, 11) is -2.01. The van der Waals surface area contributed by atoms with Crippen LogP contribution in [0, 0.1) is 6.92 Å². The number of likely N-dealkylation sites (N-methyl/N-ethyl adjacent to an activating group) is 1. The molecule has 0 bridgehead atoms. The Labute approximate surface area is 118 Å². The first-order valence-corrected chi connectivity index (χ1v) is 7.59. The number of para-hydroxylation sites is 1. The van der Waals surface area contributed by atoms with E-state index in [4.69, 9.17) is 4.74 Å². The van der Waals surface area contributed by atoms with Crippen LogP contribution in [0.5, 0.6) is 5.75 Å². The van der Waals surface area contributed by atoms with Gasteiger partial charge in [0.05, 0.1) is 12.5 Å². The Morgan fingerprint density at radius 1 is 1.35 bits per heavy atom. The van der Waals surface area contributed by atoms with Crippen LogP contribution in [-0.2, 0) is 10.0 Å². The zero-order valence-electron chi connectivity index (χ0n) is 11.4. The van der Waals surface area contributed by atoms with Crippen molar-refractivity contribution in [2.24, 2.45) is 0 Å². The number of aryl methyl sites for hydroxylation is 1. The average Bonchev–Trinajstić information content (AvgIpc) is 2.95. The topological polar surface area (TPSA) is 75.3 Å². The Bertz CT molecular complexity index is 653. The fraction of sp³-hybridized carbons (Fsp3) is 0.308.